The largest absolute Gasteiger partial charge is 0.478 e. The van der Waals surface area contributed by atoms with Crippen molar-refractivity contribution in [3.8, 4) is 0 Å². The molecule has 0 fully saturated rings. The van der Waals surface area contributed by atoms with Crippen LogP contribution in [0.5, 0.6) is 0 Å². The van der Waals surface area contributed by atoms with Gasteiger partial charge in [-0.25, -0.2) is 4.79 Å². The van der Waals surface area contributed by atoms with Crippen LogP contribution in [0.1, 0.15) is 78.6 Å². The minimum Gasteiger partial charge on any atom is -0.478 e. The molecule has 0 rings (SSSR count). The van der Waals surface area contributed by atoms with Crippen molar-refractivity contribution in [1.29, 1.82) is 0 Å². The van der Waals surface area contributed by atoms with Gasteiger partial charge in [-0.3, -0.25) is 0 Å². The van der Waals surface area contributed by atoms with Gasteiger partial charge in [-0.05, 0) is 24.4 Å². The smallest absolute Gasteiger partial charge is 0.327 e. The molecule has 1 atom stereocenters. The average Bonchev–Trinajstić information content (AvgIpc) is 2.41. The van der Waals surface area contributed by atoms with E-state index in [1.54, 1.807) is 0 Å². The van der Waals surface area contributed by atoms with Crippen LogP contribution >= 0.6 is 9.24 Å². The fraction of sp³-hybridized carbons (Fsp3) is 0.812. The second kappa shape index (κ2) is 14.1. The van der Waals surface area contributed by atoms with Crippen LogP contribution < -0.4 is 0 Å². The van der Waals surface area contributed by atoms with E-state index < -0.39 is 5.97 Å². The molecule has 3 heteroatoms. The lowest BCUT2D eigenvalue weighted by Crippen LogP contribution is -2.20. The highest BCUT2D eigenvalue weighted by Crippen LogP contribution is 2.36. The number of hydrogen-bond acceptors (Lipinski definition) is 1. The van der Waals surface area contributed by atoms with E-state index in [-0.39, 0.29) is 0 Å². The first-order valence-electron chi connectivity index (χ1n) is 7.60. The molecular formula is C16H33O2P. The van der Waals surface area contributed by atoms with Gasteiger partial charge in [-0.2, -0.15) is 0 Å². The third kappa shape index (κ3) is 15.6. The van der Waals surface area contributed by atoms with Gasteiger partial charge in [0.1, 0.15) is 0 Å². The van der Waals surface area contributed by atoms with Crippen LogP contribution in [0, 0.1) is 0 Å². The Morgan fingerprint density at radius 1 is 1.05 bits per heavy atom. The maximum absolute atomic E-state index is 9.25. The summed E-state index contributed by atoms with van der Waals surface area (Å²) in [6.45, 7) is 9.85. The molecule has 0 bridgehead atoms. The van der Waals surface area contributed by atoms with Gasteiger partial charge >= 0.3 is 5.97 Å². The first-order chi connectivity index (χ1) is 8.95. The van der Waals surface area contributed by atoms with Crippen LogP contribution in [0.15, 0.2) is 12.7 Å². The van der Waals surface area contributed by atoms with Crippen molar-refractivity contribution in [3.05, 3.63) is 12.7 Å². The quantitative estimate of drug-likeness (QED) is 0.430. The van der Waals surface area contributed by atoms with E-state index >= 15 is 0 Å². The number of carboxylic acids is 1. The van der Waals surface area contributed by atoms with E-state index in [0.29, 0.717) is 5.16 Å². The summed E-state index contributed by atoms with van der Waals surface area (Å²) in [4.78, 5) is 9.25. The van der Waals surface area contributed by atoms with Crippen LogP contribution in [0.4, 0.5) is 0 Å². The molecule has 0 aliphatic rings. The fourth-order valence-corrected chi connectivity index (χ4v) is 2.57. The van der Waals surface area contributed by atoms with Crippen LogP contribution in [0.25, 0.3) is 0 Å². The molecule has 0 aliphatic carbocycles. The highest BCUT2D eigenvalue weighted by atomic mass is 31.0. The highest BCUT2D eigenvalue weighted by Gasteiger charge is 2.22. The minimum atomic E-state index is -0.981. The third-order valence-electron chi connectivity index (χ3n) is 3.26. The van der Waals surface area contributed by atoms with Crippen LogP contribution in [-0.2, 0) is 4.79 Å². The van der Waals surface area contributed by atoms with Gasteiger partial charge in [-0.15, -0.1) is 9.24 Å². The summed E-state index contributed by atoms with van der Waals surface area (Å²) in [6, 6.07) is 0. The van der Waals surface area contributed by atoms with Gasteiger partial charge in [0.2, 0.25) is 0 Å². The van der Waals surface area contributed by atoms with Gasteiger partial charge < -0.3 is 5.11 Å². The molecule has 0 amide bonds. The Kier molecular flexibility index (Phi) is 15.5. The summed E-state index contributed by atoms with van der Waals surface area (Å²) in [7, 11) is 3.17. The molecule has 0 saturated heterocycles. The number of carboxylic acid groups (broad SMARTS) is 1. The van der Waals surface area contributed by atoms with Crippen molar-refractivity contribution in [2.45, 2.75) is 83.7 Å². The molecule has 114 valence electrons. The third-order valence-corrected chi connectivity index (χ3v) is 4.13. The summed E-state index contributed by atoms with van der Waals surface area (Å²) in [6.07, 6.45) is 13.3. The van der Waals surface area contributed by atoms with E-state index in [9.17, 15) is 4.79 Å². The predicted octanol–water partition coefficient (Wildman–Crippen LogP) is 5.43. The summed E-state index contributed by atoms with van der Waals surface area (Å²) < 4.78 is 0. The van der Waals surface area contributed by atoms with Gasteiger partial charge in [0.05, 0.1) is 0 Å². The standard InChI is InChI=1S/C13H29P.C3H4O2/c1-4-7-10-13(14,11-8-5-2)12-9-6-3;1-2-3(4)5/h4-12,14H2,1-3H3;2H,1H2,(H,4,5). The number of hydrogen-bond donors (Lipinski definition) is 1. The maximum atomic E-state index is 9.25. The van der Waals surface area contributed by atoms with Gasteiger partial charge in [-0.1, -0.05) is 65.9 Å². The Morgan fingerprint density at radius 3 is 1.47 bits per heavy atom. The molecule has 19 heavy (non-hydrogen) atoms. The van der Waals surface area contributed by atoms with Gasteiger partial charge in [0.15, 0.2) is 0 Å². The fourth-order valence-electron chi connectivity index (χ4n) is 1.96. The van der Waals surface area contributed by atoms with Crippen molar-refractivity contribution >= 4 is 15.2 Å². The Labute approximate surface area is 122 Å². The Balaban J connectivity index is 0. The molecule has 0 spiro atoms. The summed E-state index contributed by atoms with van der Waals surface area (Å²) in [5, 5.41) is 8.18. The predicted molar refractivity (Wildman–Crippen MR) is 88.8 cm³/mol. The summed E-state index contributed by atoms with van der Waals surface area (Å²) >= 11 is 0. The zero-order valence-corrected chi connectivity index (χ0v) is 14.2. The van der Waals surface area contributed by atoms with Crippen molar-refractivity contribution < 1.29 is 9.90 Å². The Morgan fingerprint density at radius 2 is 1.32 bits per heavy atom. The van der Waals surface area contributed by atoms with Gasteiger partial charge in [0.25, 0.3) is 0 Å². The van der Waals surface area contributed by atoms with Crippen LogP contribution in [0.3, 0.4) is 0 Å². The Bertz CT molecular complexity index is 205. The van der Waals surface area contributed by atoms with E-state index in [1.165, 1.54) is 57.8 Å². The SMILES string of the molecule is C=CC(=O)O.CCCCC(P)(CCCC)CCCC. The molecule has 0 heterocycles. The molecule has 1 unspecified atom stereocenters. The number of aliphatic carboxylic acids is 1. The van der Waals surface area contributed by atoms with Crippen molar-refractivity contribution in [3.63, 3.8) is 0 Å². The summed E-state index contributed by atoms with van der Waals surface area (Å²) in [5.74, 6) is -0.981. The highest BCUT2D eigenvalue weighted by molar-refractivity contribution is 7.19. The van der Waals surface area contributed by atoms with Crippen molar-refractivity contribution in [1.82, 2.24) is 0 Å². The van der Waals surface area contributed by atoms with Gasteiger partial charge in [0, 0.05) is 6.08 Å². The van der Waals surface area contributed by atoms with E-state index in [0.717, 1.165) is 6.08 Å². The van der Waals surface area contributed by atoms with Crippen molar-refractivity contribution in [2.24, 2.45) is 0 Å². The minimum absolute atomic E-state index is 0.571. The zero-order valence-electron chi connectivity index (χ0n) is 13.1. The van der Waals surface area contributed by atoms with E-state index in [2.05, 4.69) is 36.6 Å². The molecule has 2 nitrogen and oxygen atoms in total. The molecule has 0 radical (unpaired) electrons. The lowest BCUT2D eigenvalue weighted by Gasteiger charge is -2.29. The molecule has 0 aliphatic heterocycles. The second-order valence-corrected chi connectivity index (χ2v) is 6.44. The first kappa shape index (κ1) is 20.9. The number of carbonyl (C=O) groups is 1. The normalized spacial score (nSPS) is 10.5. The molecular weight excluding hydrogens is 255 g/mol. The topological polar surface area (TPSA) is 37.3 Å². The number of unbranched alkanes of at least 4 members (excludes halogenated alkanes) is 3. The molecule has 0 saturated carbocycles. The van der Waals surface area contributed by atoms with Crippen LogP contribution in [0.2, 0.25) is 0 Å². The average molecular weight is 288 g/mol. The lowest BCUT2D eigenvalue weighted by molar-refractivity contribution is -0.131. The Hall–Kier alpha value is -0.360. The molecule has 0 aromatic heterocycles. The lowest BCUT2D eigenvalue weighted by atomic mass is 9.90. The zero-order chi connectivity index (χ0) is 15.1. The van der Waals surface area contributed by atoms with Crippen molar-refractivity contribution in [2.75, 3.05) is 0 Å². The second-order valence-electron chi connectivity index (χ2n) is 5.22. The van der Waals surface area contributed by atoms with E-state index in [1.807, 2.05) is 0 Å². The van der Waals surface area contributed by atoms with E-state index in [4.69, 9.17) is 5.11 Å². The molecule has 0 aromatic rings. The molecule has 0 aromatic carbocycles. The monoisotopic (exact) mass is 288 g/mol. The molecule has 1 N–H and O–H groups in total. The van der Waals surface area contributed by atoms with Crippen LogP contribution in [-0.4, -0.2) is 16.2 Å². The number of rotatable bonds is 10. The summed E-state index contributed by atoms with van der Waals surface area (Å²) in [5.41, 5.74) is 0. The maximum Gasteiger partial charge on any atom is 0.327 e. The first-order valence-corrected chi connectivity index (χ1v) is 8.17.